The molecule has 1 aromatic carbocycles. The predicted octanol–water partition coefficient (Wildman–Crippen LogP) is 4.15. The zero-order valence-electron chi connectivity index (χ0n) is 14.9. The maximum absolute atomic E-state index is 12.0. The van der Waals surface area contributed by atoms with Crippen LogP contribution in [-0.4, -0.2) is 40.2 Å². The average Bonchev–Trinajstić information content (AvgIpc) is 2.93. The number of carbonyl (C=O) groups is 1. The summed E-state index contributed by atoms with van der Waals surface area (Å²) in [7, 11) is 0. The van der Waals surface area contributed by atoms with Gasteiger partial charge in [-0.15, -0.1) is 0 Å². The topological polar surface area (TPSA) is 47.4 Å². The number of fused-ring (bicyclic) bond motifs is 2. The van der Waals surface area contributed by atoms with Gasteiger partial charge in [-0.05, 0) is 37.3 Å². The molecular formula is C20H22ClN3O2. The normalized spacial score (nSPS) is 16.8. The second kappa shape index (κ2) is 7.16. The first-order chi connectivity index (χ1) is 12.7. The van der Waals surface area contributed by atoms with E-state index in [1.54, 1.807) is 11.1 Å². The summed E-state index contributed by atoms with van der Waals surface area (Å²) in [6, 6.07) is 8.52. The van der Waals surface area contributed by atoms with E-state index in [4.69, 9.17) is 16.3 Å². The number of likely N-dealkylation sites (tertiary alicyclic amines) is 1. The smallest absolute Gasteiger partial charge is 0.409 e. The number of carbonyl (C=O) groups excluding carboxylic acids is 1. The molecule has 26 heavy (non-hydrogen) atoms. The second-order valence-electron chi connectivity index (χ2n) is 6.63. The molecule has 0 saturated carbocycles. The maximum atomic E-state index is 12.0. The van der Waals surface area contributed by atoms with Gasteiger partial charge in [-0.3, -0.25) is 0 Å². The van der Waals surface area contributed by atoms with E-state index in [1.165, 1.54) is 22.3 Å². The first-order valence-electron chi connectivity index (χ1n) is 9.12. The summed E-state index contributed by atoms with van der Waals surface area (Å²) in [4.78, 5) is 18.4. The lowest BCUT2D eigenvalue weighted by molar-refractivity contribution is 0.104. The first kappa shape index (κ1) is 17.2. The molecule has 1 amide bonds. The van der Waals surface area contributed by atoms with Crippen molar-refractivity contribution in [3.05, 3.63) is 58.1 Å². The van der Waals surface area contributed by atoms with E-state index in [9.17, 15) is 4.79 Å². The fourth-order valence-electron chi connectivity index (χ4n) is 3.87. The molecule has 0 aliphatic carbocycles. The number of halogens is 1. The molecule has 1 aromatic heterocycles. The standard InChI is InChI=1S/C20H22ClN3O2/c1-2-26-20(25)23-10-7-15(8-11-23)18-16-6-4-3-5-14(16)9-12-24-17(21)13-22-19(18)24/h3-6,13H,2,7-12H2,1H3. The van der Waals surface area contributed by atoms with Crippen LogP contribution in [0.4, 0.5) is 4.79 Å². The summed E-state index contributed by atoms with van der Waals surface area (Å²) < 4.78 is 7.23. The van der Waals surface area contributed by atoms with Crippen LogP contribution in [0.5, 0.6) is 0 Å². The van der Waals surface area contributed by atoms with Gasteiger partial charge in [0.25, 0.3) is 0 Å². The molecule has 3 heterocycles. The molecule has 1 saturated heterocycles. The third-order valence-electron chi connectivity index (χ3n) is 5.17. The summed E-state index contributed by atoms with van der Waals surface area (Å²) >= 11 is 6.39. The number of aryl methyl sites for hydroxylation is 1. The molecule has 0 N–H and O–H groups in total. The molecule has 0 spiro atoms. The van der Waals surface area contributed by atoms with Crippen LogP contribution in [-0.2, 0) is 17.7 Å². The molecule has 2 aliphatic heterocycles. The number of nitrogens with zero attached hydrogens (tertiary/aromatic N) is 3. The van der Waals surface area contributed by atoms with Crippen molar-refractivity contribution in [2.75, 3.05) is 19.7 Å². The second-order valence-corrected chi connectivity index (χ2v) is 7.02. The highest BCUT2D eigenvalue weighted by Gasteiger charge is 2.27. The number of piperidine rings is 1. The molecule has 5 nitrogen and oxygen atoms in total. The van der Waals surface area contributed by atoms with Crippen LogP contribution in [0.1, 0.15) is 36.7 Å². The Morgan fingerprint density at radius 2 is 1.96 bits per heavy atom. The highest BCUT2D eigenvalue weighted by molar-refractivity contribution is 6.29. The number of rotatable bonds is 1. The predicted molar refractivity (Wildman–Crippen MR) is 101 cm³/mol. The number of hydrogen-bond donors (Lipinski definition) is 0. The van der Waals surface area contributed by atoms with Crippen molar-refractivity contribution in [3.8, 4) is 0 Å². The maximum Gasteiger partial charge on any atom is 0.409 e. The molecule has 0 bridgehead atoms. The van der Waals surface area contributed by atoms with Crippen LogP contribution in [0.15, 0.2) is 36.0 Å². The zero-order chi connectivity index (χ0) is 18.1. The van der Waals surface area contributed by atoms with Gasteiger partial charge >= 0.3 is 6.09 Å². The minimum Gasteiger partial charge on any atom is -0.450 e. The Morgan fingerprint density at radius 3 is 2.73 bits per heavy atom. The number of imidazole rings is 1. The lowest BCUT2D eigenvalue weighted by Crippen LogP contribution is -2.37. The summed E-state index contributed by atoms with van der Waals surface area (Å²) in [6.45, 7) is 4.42. The number of aromatic nitrogens is 2. The largest absolute Gasteiger partial charge is 0.450 e. The molecular weight excluding hydrogens is 350 g/mol. The van der Waals surface area contributed by atoms with Gasteiger partial charge in [0.2, 0.25) is 0 Å². The van der Waals surface area contributed by atoms with Crippen LogP contribution in [0.2, 0.25) is 5.15 Å². The lowest BCUT2D eigenvalue weighted by Gasteiger charge is -2.29. The van der Waals surface area contributed by atoms with Gasteiger partial charge in [-0.1, -0.05) is 41.4 Å². The van der Waals surface area contributed by atoms with Gasteiger partial charge < -0.3 is 14.2 Å². The summed E-state index contributed by atoms with van der Waals surface area (Å²) in [5.74, 6) is 0.944. The lowest BCUT2D eigenvalue weighted by atomic mass is 9.90. The SMILES string of the molecule is CCOC(=O)N1CCC(=C2c3ccccc3CCn3c(Cl)cnc32)CC1. The van der Waals surface area contributed by atoms with Crippen molar-refractivity contribution in [1.82, 2.24) is 14.5 Å². The number of benzene rings is 1. The Morgan fingerprint density at radius 1 is 1.19 bits per heavy atom. The number of amides is 1. The Labute approximate surface area is 158 Å². The van der Waals surface area contributed by atoms with E-state index < -0.39 is 0 Å². The highest BCUT2D eigenvalue weighted by atomic mass is 35.5. The molecule has 0 atom stereocenters. The van der Waals surface area contributed by atoms with Crippen LogP contribution < -0.4 is 0 Å². The van der Waals surface area contributed by atoms with Gasteiger partial charge in [-0.25, -0.2) is 9.78 Å². The molecule has 0 unspecified atom stereocenters. The number of ether oxygens (including phenoxy) is 1. The molecule has 136 valence electrons. The molecule has 1 fully saturated rings. The van der Waals surface area contributed by atoms with Crippen molar-refractivity contribution >= 4 is 23.3 Å². The van der Waals surface area contributed by atoms with Crippen LogP contribution in [0, 0.1) is 0 Å². The van der Waals surface area contributed by atoms with Crippen molar-refractivity contribution < 1.29 is 9.53 Å². The average molecular weight is 372 g/mol. The summed E-state index contributed by atoms with van der Waals surface area (Å²) in [5.41, 5.74) is 5.09. The third-order valence-corrected chi connectivity index (χ3v) is 5.47. The fourth-order valence-corrected chi connectivity index (χ4v) is 4.09. The third kappa shape index (κ3) is 3.01. The van der Waals surface area contributed by atoms with Gasteiger partial charge in [0.05, 0.1) is 12.8 Å². The van der Waals surface area contributed by atoms with Crippen LogP contribution in [0.25, 0.3) is 5.57 Å². The van der Waals surface area contributed by atoms with Crippen molar-refractivity contribution in [2.45, 2.75) is 32.7 Å². The Hall–Kier alpha value is -2.27. The Bertz CT molecular complexity index is 862. The van der Waals surface area contributed by atoms with Crippen molar-refractivity contribution in [3.63, 3.8) is 0 Å². The summed E-state index contributed by atoms with van der Waals surface area (Å²) in [5, 5.41) is 0.676. The van der Waals surface area contributed by atoms with Crippen molar-refractivity contribution in [2.24, 2.45) is 0 Å². The van der Waals surface area contributed by atoms with E-state index in [0.29, 0.717) is 24.8 Å². The van der Waals surface area contributed by atoms with Gasteiger partial charge in [-0.2, -0.15) is 0 Å². The van der Waals surface area contributed by atoms with E-state index >= 15 is 0 Å². The van der Waals surface area contributed by atoms with Crippen LogP contribution in [0.3, 0.4) is 0 Å². The minimum absolute atomic E-state index is 0.220. The minimum atomic E-state index is -0.220. The molecule has 6 heteroatoms. The van der Waals surface area contributed by atoms with Gasteiger partial charge in [0.1, 0.15) is 11.0 Å². The molecule has 2 aromatic rings. The Balaban J connectivity index is 1.74. The molecule has 4 rings (SSSR count). The van der Waals surface area contributed by atoms with Gasteiger partial charge in [0, 0.05) is 25.2 Å². The van der Waals surface area contributed by atoms with Gasteiger partial charge in [0.15, 0.2) is 0 Å². The molecule has 2 aliphatic rings. The van der Waals surface area contributed by atoms with Crippen molar-refractivity contribution in [1.29, 1.82) is 0 Å². The van der Waals surface area contributed by atoms with E-state index in [2.05, 4.69) is 33.8 Å². The monoisotopic (exact) mass is 371 g/mol. The van der Waals surface area contributed by atoms with E-state index in [0.717, 1.165) is 31.6 Å². The zero-order valence-corrected chi connectivity index (χ0v) is 15.6. The summed E-state index contributed by atoms with van der Waals surface area (Å²) in [6.07, 6.45) is 4.10. The van der Waals surface area contributed by atoms with E-state index in [1.807, 2.05) is 6.92 Å². The van der Waals surface area contributed by atoms with Crippen LogP contribution >= 0.6 is 11.6 Å². The Kier molecular flexibility index (Phi) is 4.72. The number of hydrogen-bond acceptors (Lipinski definition) is 3. The quantitative estimate of drug-likeness (QED) is 0.756. The first-order valence-corrected chi connectivity index (χ1v) is 9.50. The molecule has 0 radical (unpaired) electrons. The fraction of sp³-hybridized carbons (Fsp3) is 0.400. The highest BCUT2D eigenvalue weighted by Crippen LogP contribution is 2.37. The van der Waals surface area contributed by atoms with E-state index in [-0.39, 0.29) is 6.09 Å².